The molecule has 0 aromatic heterocycles. The standard InChI is InChI=1S/C13H16N2O2/c14-12-7-11-9-3-1-2-8(4-9)5-10(11)6-13(12)15(16)17/h6-9H,1-5,14H2. The number of nitrogens with zero attached hydrogens (tertiary/aromatic N) is 1. The molecular weight excluding hydrogens is 216 g/mol. The zero-order valence-electron chi connectivity index (χ0n) is 9.69. The summed E-state index contributed by atoms with van der Waals surface area (Å²) in [5.41, 5.74) is 8.59. The number of hydrogen-bond acceptors (Lipinski definition) is 3. The Morgan fingerprint density at radius 1 is 1.35 bits per heavy atom. The first-order chi connectivity index (χ1) is 8.15. The minimum Gasteiger partial charge on any atom is -0.393 e. The van der Waals surface area contributed by atoms with Gasteiger partial charge in [-0.05, 0) is 48.3 Å². The lowest BCUT2D eigenvalue weighted by atomic mass is 9.69. The number of nitro groups is 1. The van der Waals surface area contributed by atoms with Crippen molar-refractivity contribution in [3.05, 3.63) is 33.4 Å². The molecule has 2 N–H and O–H groups in total. The summed E-state index contributed by atoms with van der Waals surface area (Å²) in [5, 5.41) is 10.9. The van der Waals surface area contributed by atoms with Crippen molar-refractivity contribution in [2.24, 2.45) is 5.92 Å². The maximum Gasteiger partial charge on any atom is 0.292 e. The third kappa shape index (κ3) is 1.68. The van der Waals surface area contributed by atoms with E-state index in [1.54, 1.807) is 6.07 Å². The molecular formula is C13H16N2O2. The second-order valence-corrected chi connectivity index (χ2v) is 5.30. The van der Waals surface area contributed by atoms with E-state index in [-0.39, 0.29) is 10.6 Å². The minimum atomic E-state index is -0.375. The molecule has 17 heavy (non-hydrogen) atoms. The molecule has 2 aliphatic rings. The highest BCUT2D eigenvalue weighted by atomic mass is 16.6. The van der Waals surface area contributed by atoms with Crippen molar-refractivity contribution >= 4 is 11.4 Å². The molecule has 2 aliphatic carbocycles. The van der Waals surface area contributed by atoms with Crippen molar-refractivity contribution in [2.75, 3.05) is 5.73 Å². The predicted octanol–water partition coefficient (Wildman–Crippen LogP) is 3.01. The van der Waals surface area contributed by atoms with Crippen LogP contribution in [0.15, 0.2) is 12.1 Å². The average Bonchev–Trinajstić information content (AvgIpc) is 2.30. The Balaban J connectivity index is 2.09. The fourth-order valence-corrected chi connectivity index (χ4v) is 3.45. The molecule has 90 valence electrons. The van der Waals surface area contributed by atoms with Crippen LogP contribution in [0.2, 0.25) is 0 Å². The third-order valence-electron chi connectivity index (χ3n) is 4.22. The Bertz CT molecular complexity index is 485. The van der Waals surface area contributed by atoms with E-state index in [0.29, 0.717) is 11.6 Å². The summed E-state index contributed by atoms with van der Waals surface area (Å²) in [6.45, 7) is 0. The van der Waals surface area contributed by atoms with E-state index in [1.165, 1.54) is 31.2 Å². The highest BCUT2D eigenvalue weighted by Crippen LogP contribution is 2.45. The molecule has 0 spiro atoms. The van der Waals surface area contributed by atoms with Gasteiger partial charge in [0.2, 0.25) is 0 Å². The van der Waals surface area contributed by atoms with Gasteiger partial charge in [-0.1, -0.05) is 12.8 Å². The number of nitro benzene ring substituents is 1. The van der Waals surface area contributed by atoms with Gasteiger partial charge in [-0.25, -0.2) is 0 Å². The average molecular weight is 232 g/mol. The first-order valence-electron chi connectivity index (χ1n) is 6.22. The molecule has 1 aromatic carbocycles. The van der Waals surface area contributed by atoms with E-state index in [2.05, 4.69) is 0 Å². The summed E-state index contributed by atoms with van der Waals surface area (Å²) in [6, 6.07) is 3.55. The molecule has 0 aliphatic heterocycles. The van der Waals surface area contributed by atoms with E-state index in [1.807, 2.05) is 6.07 Å². The zero-order chi connectivity index (χ0) is 12.0. The second-order valence-electron chi connectivity index (χ2n) is 5.30. The van der Waals surface area contributed by atoms with E-state index in [0.717, 1.165) is 17.9 Å². The molecule has 2 atom stereocenters. The summed E-state index contributed by atoms with van der Waals surface area (Å²) >= 11 is 0. The summed E-state index contributed by atoms with van der Waals surface area (Å²) in [4.78, 5) is 10.5. The van der Waals surface area contributed by atoms with E-state index in [4.69, 9.17) is 5.73 Å². The fraction of sp³-hybridized carbons (Fsp3) is 0.538. The van der Waals surface area contributed by atoms with E-state index in [9.17, 15) is 10.1 Å². The number of benzene rings is 1. The van der Waals surface area contributed by atoms with Gasteiger partial charge in [0.15, 0.2) is 0 Å². The predicted molar refractivity (Wildman–Crippen MR) is 65.9 cm³/mol. The van der Waals surface area contributed by atoms with Gasteiger partial charge < -0.3 is 5.73 Å². The molecule has 1 saturated carbocycles. The molecule has 2 bridgehead atoms. The Kier molecular flexibility index (Phi) is 2.31. The van der Waals surface area contributed by atoms with Gasteiger partial charge in [-0.3, -0.25) is 10.1 Å². The molecule has 1 fully saturated rings. The lowest BCUT2D eigenvalue weighted by Gasteiger charge is -2.36. The Morgan fingerprint density at radius 2 is 2.18 bits per heavy atom. The number of anilines is 1. The summed E-state index contributed by atoms with van der Waals surface area (Å²) in [7, 11) is 0. The number of nitrogens with two attached hydrogens (primary N) is 1. The maximum absolute atomic E-state index is 10.9. The molecule has 4 nitrogen and oxygen atoms in total. The van der Waals surface area contributed by atoms with Crippen LogP contribution in [0.4, 0.5) is 11.4 Å². The Hall–Kier alpha value is -1.58. The van der Waals surface area contributed by atoms with E-state index >= 15 is 0 Å². The van der Waals surface area contributed by atoms with Crippen molar-refractivity contribution in [3.63, 3.8) is 0 Å². The number of nitrogen functional groups attached to an aromatic ring is 1. The van der Waals surface area contributed by atoms with Crippen LogP contribution in [-0.2, 0) is 6.42 Å². The molecule has 1 aromatic rings. The second kappa shape index (κ2) is 3.72. The van der Waals surface area contributed by atoms with E-state index < -0.39 is 0 Å². The third-order valence-corrected chi connectivity index (χ3v) is 4.22. The fourth-order valence-electron chi connectivity index (χ4n) is 3.45. The highest BCUT2D eigenvalue weighted by molar-refractivity contribution is 5.62. The monoisotopic (exact) mass is 232 g/mol. The number of hydrogen-bond donors (Lipinski definition) is 1. The topological polar surface area (TPSA) is 69.2 Å². The molecule has 2 unspecified atom stereocenters. The van der Waals surface area contributed by atoms with Gasteiger partial charge in [0.25, 0.3) is 5.69 Å². The summed E-state index contributed by atoms with van der Waals surface area (Å²) in [5.74, 6) is 1.31. The van der Waals surface area contributed by atoms with Crippen LogP contribution < -0.4 is 5.73 Å². The number of fused-ring (bicyclic) bond motifs is 4. The van der Waals surface area contributed by atoms with Gasteiger partial charge >= 0.3 is 0 Å². The van der Waals surface area contributed by atoms with Crippen molar-refractivity contribution < 1.29 is 4.92 Å². The minimum absolute atomic E-state index is 0.0729. The first-order valence-corrected chi connectivity index (χ1v) is 6.22. The van der Waals surface area contributed by atoms with Gasteiger partial charge in [0.05, 0.1) is 4.92 Å². The van der Waals surface area contributed by atoms with Crippen molar-refractivity contribution in [1.82, 2.24) is 0 Å². The molecule has 0 saturated heterocycles. The normalized spacial score (nSPS) is 26.4. The Morgan fingerprint density at radius 3 is 2.94 bits per heavy atom. The van der Waals surface area contributed by atoms with Crippen LogP contribution in [0.1, 0.15) is 42.7 Å². The maximum atomic E-state index is 10.9. The van der Waals surface area contributed by atoms with Gasteiger partial charge in [0, 0.05) is 6.07 Å². The zero-order valence-corrected chi connectivity index (χ0v) is 9.69. The van der Waals surface area contributed by atoms with Gasteiger partial charge in [0.1, 0.15) is 5.69 Å². The molecule has 3 rings (SSSR count). The summed E-state index contributed by atoms with van der Waals surface area (Å²) < 4.78 is 0. The van der Waals surface area contributed by atoms with Crippen LogP contribution in [-0.4, -0.2) is 4.92 Å². The SMILES string of the molecule is Nc1cc2c(cc1[N+](=O)[O-])CC1CCCC2C1. The smallest absolute Gasteiger partial charge is 0.292 e. The molecule has 4 heteroatoms. The Labute approximate surface area is 100.0 Å². The van der Waals surface area contributed by atoms with Crippen molar-refractivity contribution in [3.8, 4) is 0 Å². The van der Waals surface area contributed by atoms with Crippen LogP contribution in [0.25, 0.3) is 0 Å². The van der Waals surface area contributed by atoms with Crippen molar-refractivity contribution in [2.45, 2.75) is 38.0 Å². The van der Waals surface area contributed by atoms with Gasteiger partial charge in [-0.2, -0.15) is 0 Å². The van der Waals surface area contributed by atoms with Crippen LogP contribution in [0.3, 0.4) is 0 Å². The quantitative estimate of drug-likeness (QED) is 0.459. The summed E-state index contributed by atoms with van der Waals surface area (Å²) in [6.07, 6.45) is 6.00. The number of rotatable bonds is 1. The van der Waals surface area contributed by atoms with Gasteiger partial charge in [-0.15, -0.1) is 0 Å². The first kappa shape index (κ1) is 10.6. The molecule has 0 radical (unpaired) electrons. The van der Waals surface area contributed by atoms with Crippen LogP contribution in [0, 0.1) is 16.0 Å². The van der Waals surface area contributed by atoms with Crippen molar-refractivity contribution in [1.29, 1.82) is 0 Å². The van der Waals surface area contributed by atoms with Crippen LogP contribution in [0.5, 0.6) is 0 Å². The lowest BCUT2D eigenvalue weighted by molar-refractivity contribution is -0.384. The molecule has 0 amide bonds. The lowest BCUT2D eigenvalue weighted by Crippen LogP contribution is -2.23. The van der Waals surface area contributed by atoms with Crippen LogP contribution >= 0.6 is 0 Å². The highest BCUT2D eigenvalue weighted by Gasteiger charge is 2.32. The molecule has 0 heterocycles. The largest absolute Gasteiger partial charge is 0.393 e.